The number of ether oxygens (including phenoxy) is 3. The molecule has 0 spiro atoms. The monoisotopic (exact) mass is 412 g/mol. The summed E-state index contributed by atoms with van der Waals surface area (Å²) < 4.78 is 15.2. The van der Waals surface area contributed by atoms with Crippen molar-refractivity contribution in [1.29, 1.82) is 0 Å². The van der Waals surface area contributed by atoms with Crippen LogP contribution in [0.2, 0.25) is 0 Å². The molecule has 0 aromatic rings. The van der Waals surface area contributed by atoms with Gasteiger partial charge in [0, 0.05) is 18.8 Å². The van der Waals surface area contributed by atoms with Gasteiger partial charge < -0.3 is 14.2 Å². The van der Waals surface area contributed by atoms with Crippen molar-refractivity contribution in [2.75, 3.05) is 26.9 Å². The first-order valence-corrected chi connectivity index (χ1v) is 11.6. The highest BCUT2D eigenvalue weighted by Crippen LogP contribution is 2.12. The van der Waals surface area contributed by atoms with Crippen LogP contribution in [-0.4, -0.2) is 38.9 Å². The predicted molar refractivity (Wildman–Crippen MR) is 118 cm³/mol. The number of unbranched alkanes of at least 4 members (excludes halogenated alkanes) is 12. The molecule has 0 fully saturated rings. The maximum atomic E-state index is 11.5. The molecule has 0 atom stereocenters. The maximum absolute atomic E-state index is 11.5. The van der Waals surface area contributed by atoms with Gasteiger partial charge in [-0.15, -0.1) is 0 Å². The third-order valence-electron chi connectivity index (χ3n) is 4.92. The molecule has 0 aromatic heterocycles. The van der Waals surface area contributed by atoms with Crippen molar-refractivity contribution in [3.05, 3.63) is 12.2 Å². The van der Waals surface area contributed by atoms with Crippen molar-refractivity contribution in [3.63, 3.8) is 0 Å². The highest BCUT2D eigenvalue weighted by atomic mass is 16.5. The molecule has 0 heterocycles. The summed E-state index contributed by atoms with van der Waals surface area (Å²) >= 11 is 0. The van der Waals surface area contributed by atoms with E-state index in [1.165, 1.54) is 77.7 Å². The number of hydrogen-bond acceptors (Lipinski definition) is 5. The van der Waals surface area contributed by atoms with Crippen LogP contribution in [0.25, 0.3) is 0 Å². The van der Waals surface area contributed by atoms with Crippen molar-refractivity contribution in [2.45, 2.75) is 103 Å². The first-order chi connectivity index (χ1) is 14.1. The van der Waals surface area contributed by atoms with Crippen LogP contribution in [0.3, 0.4) is 0 Å². The lowest BCUT2D eigenvalue weighted by molar-refractivity contribution is -0.145. The van der Waals surface area contributed by atoms with Gasteiger partial charge in [0.25, 0.3) is 0 Å². The quantitative estimate of drug-likeness (QED) is 0.129. The molecule has 0 bridgehead atoms. The van der Waals surface area contributed by atoms with Gasteiger partial charge in [0.2, 0.25) is 0 Å². The van der Waals surface area contributed by atoms with Crippen LogP contribution in [0.5, 0.6) is 0 Å². The fourth-order valence-corrected chi connectivity index (χ4v) is 3.08. The number of methoxy groups -OCH3 is 1. The Morgan fingerprint density at radius 2 is 1.14 bits per heavy atom. The summed E-state index contributed by atoms with van der Waals surface area (Å²) in [5.41, 5.74) is 0.114. The molecule has 0 aliphatic heterocycles. The van der Waals surface area contributed by atoms with E-state index in [9.17, 15) is 9.59 Å². The maximum Gasteiger partial charge on any atom is 0.333 e. The minimum Gasteiger partial charge on any atom is -0.466 e. The second-order valence-electron chi connectivity index (χ2n) is 7.70. The van der Waals surface area contributed by atoms with Gasteiger partial charge in [-0.05, 0) is 19.3 Å². The number of esters is 2. The highest BCUT2D eigenvalue weighted by molar-refractivity contribution is 5.93. The standard InChI is InChI=1S/C24H44O5/c1-4-5-6-7-8-9-10-11-12-13-14-15-18-28-19-16-17-20-29-23(25)21-22(2)24(26)27-3/h2,4-21H2,1,3H3. The summed E-state index contributed by atoms with van der Waals surface area (Å²) in [6, 6.07) is 0. The van der Waals surface area contributed by atoms with Gasteiger partial charge >= 0.3 is 11.9 Å². The summed E-state index contributed by atoms with van der Waals surface area (Å²) in [5, 5.41) is 0. The Labute approximate surface area is 178 Å². The van der Waals surface area contributed by atoms with Crippen molar-refractivity contribution >= 4 is 11.9 Å². The number of carbonyl (C=O) groups excluding carboxylic acids is 2. The molecule has 29 heavy (non-hydrogen) atoms. The van der Waals surface area contributed by atoms with E-state index in [4.69, 9.17) is 9.47 Å². The zero-order valence-corrected chi connectivity index (χ0v) is 19.0. The van der Waals surface area contributed by atoms with Gasteiger partial charge in [-0.25, -0.2) is 4.79 Å². The van der Waals surface area contributed by atoms with Crippen molar-refractivity contribution in [2.24, 2.45) is 0 Å². The van der Waals surface area contributed by atoms with Crippen LogP contribution in [-0.2, 0) is 23.8 Å². The Balaban J connectivity index is 3.21. The Kier molecular flexibility index (Phi) is 20.3. The topological polar surface area (TPSA) is 61.8 Å². The zero-order chi connectivity index (χ0) is 21.6. The Hall–Kier alpha value is -1.36. The lowest BCUT2D eigenvalue weighted by atomic mass is 10.1. The van der Waals surface area contributed by atoms with E-state index >= 15 is 0 Å². The minimum atomic E-state index is -0.576. The van der Waals surface area contributed by atoms with E-state index in [2.05, 4.69) is 18.2 Å². The van der Waals surface area contributed by atoms with Gasteiger partial charge in [0.15, 0.2) is 0 Å². The van der Waals surface area contributed by atoms with E-state index in [-0.39, 0.29) is 12.0 Å². The molecule has 0 aromatic carbocycles. The molecule has 5 nitrogen and oxygen atoms in total. The molecule has 0 amide bonds. The van der Waals surface area contributed by atoms with Crippen LogP contribution in [0.1, 0.15) is 103 Å². The zero-order valence-electron chi connectivity index (χ0n) is 19.0. The molecule has 0 rings (SSSR count). The van der Waals surface area contributed by atoms with Crippen molar-refractivity contribution < 1.29 is 23.8 Å². The first-order valence-electron chi connectivity index (χ1n) is 11.6. The van der Waals surface area contributed by atoms with Crippen LogP contribution in [0, 0.1) is 0 Å². The summed E-state index contributed by atoms with van der Waals surface area (Å²) in [4.78, 5) is 22.7. The Morgan fingerprint density at radius 3 is 1.66 bits per heavy atom. The molecule has 0 unspecified atom stereocenters. The lowest BCUT2D eigenvalue weighted by Crippen LogP contribution is -2.12. The first kappa shape index (κ1) is 27.6. The summed E-state index contributed by atoms with van der Waals surface area (Å²) in [7, 11) is 1.26. The SMILES string of the molecule is C=C(CC(=O)OCCCCOCCCCCCCCCCCCCC)C(=O)OC. The van der Waals surface area contributed by atoms with E-state index < -0.39 is 11.9 Å². The van der Waals surface area contributed by atoms with E-state index in [0.717, 1.165) is 25.9 Å². The normalized spacial score (nSPS) is 10.7. The third-order valence-corrected chi connectivity index (χ3v) is 4.92. The van der Waals surface area contributed by atoms with Gasteiger partial charge in [-0.3, -0.25) is 4.79 Å². The van der Waals surface area contributed by atoms with E-state index in [1.54, 1.807) is 0 Å². The summed E-state index contributed by atoms with van der Waals surface area (Å²) in [5.74, 6) is -1.02. The summed E-state index contributed by atoms with van der Waals surface area (Å²) in [6.45, 7) is 7.62. The van der Waals surface area contributed by atoms with Gasteiger partial charge in [0.05, 0.1) is 20.1 Å². The molecule has 5 heteroatoms. The van der Waals surface area contributed by atoms with Crippen LogP contribution in [0.15, 0.2) is 12.2 Å². The smallest absolute Gasteiger partial charge is 0.333 e. The minimum absolute atomic E-state index is 0.114. The van der Waals surface area contributed by atoms with Gasteiger partial charge in [-0.2, -0.15) is 0 Å². The number of hydrogen-bond donors (Lipinski definition) is 0. The molecule has 0 aliphatic rings. The molecule has 0 N–H and O–H groups in total. The Morgan fingerprint density at radius 1 is 0.690 bits per heavy atom. The number of carbonyl (C=O) groups is 2. The van der Waals surface area contributed by atoms with Crippen molar-refractivity contribution in [3.8, 4) is 0 Å². The summed E-state index contributed by atoms with van der Waals surface area (Å²) in [6.07, 6.45) is 17.7. The second kappa shape index (κ2) is 21.4. The lowest BCUT2D eigenvalue weighted by Gasteiger charge is -2.07. The van der Waals surface area contributed by atoms with Crippen LogP contribution < -0.4 is 0 Å². The molecular formula is C24H44O5. The second-order valence-corrected chi connectivity index (χ2v) is 7.70. The number of rotatable bonds is 21. The fraction of sp³-hybridized carbons (Fsp3) is 0.833. The fourth-order valence-electron chi connectivity index (χ4n) is 3.08. The molecular weight excluding hydrogens is 368 g/mol. The predicted octanol–water partition coefficient (Wildman–Crippen LogP) is 6.15. The molecule has 170 valence electrons. The van der Waals surface area contributed by atoms with E-state index in [1.807, 2.05) is 0 Å². The highest BCUT2D eigenvalue weighted by Gasteiger charge is 2.12. The molecule has 0 saturated heterocycles. The molecule has 0 saturated carbocycles. The third kappa shape index (κ3) is 19.7. The molecule has 0 aliphatic carbocycles. The van der Waals surface area contributed by atoms with Crippen LogP contribution in [0.4, 0.5) is 0 Å². The molecule has 0 radical (unpaired) electrons. The Bertz CT molecular complexity index is 419. The van der Waals surface area contributed by atoms with Crippen molar-refractivity contribution in [1.82, 2.24) is 0 Å². The van der Waals surface area contributed by atoms with Gasteiger partial charge in [0.1, 0.15) is 0 Å². The van der Waals surface area contributed by atoms with Gasteiger partial charge in [-0.1, -0.05) is 84.1 Å². The largest absolute Gasteiger partial charge is 0.466 e. The van der Waals surface area contributed by atoms with E-state index in [0.29, 0.717) is 13.2 Å². The van der Waals surface area contributed by atoms with Crippen LogP contribution >= 0.6 is 0 Å². The average Bonchev–Trinajstić information content (AvgIpc) is 2.72. The average molecular weight is 413 g/mol.